The van der Waals surface area contributed by atoms with Crippen molar-refractivity contribution >= 4 is 17.4 Å². The average Bonchev–Trinajstić information content (AvgIpc) is 3.33. The number of hydrogen-bond acceptors (Lipinski definition) is 6. The Morgan fingerprint density at radius 3 is 2.70 bits per heavy atom. The van der Waals surface area contributed by atoms with Crippen molar-refractivity contribution in [2.75, 3.05) is 19.8 Å². The van der Waals surface area contributed by atoms with Crippen molar-refractivity contribution in [1.82, 2.24) is 4.90 Å². The summed E-state index contributed by atoms with van der Waals surface area (Å²) in [5, 5.41) is 11.0. The van der Waals surface area contributed by atoms with E-state index >= 15 is 0 Å². The van der Waals surface area contributed by atoms with Gasteiger partial charge >= 0.3 is 0 Å². The Hall–Kier alpha value is -3.06. The van der Waals surface area contributed by atoms with Crippen LogP contribution in [0, 0.1) is 0 Å². The summed E-state index contributed by atoms with van der Waals surface area (Å²) in [6.45, 7) is 6.97. The van der Waals surface area contributed by atoms with E-state index in [9.17, 15) is 14.7 Å². The largest absolute Gasteiger partial charge is 0.507 e. The van der Waals surface area contributed by atoms with Crippen molar-refractivity contribution < 1.29 is 28.6 Å². The highest BCUT2D eigenvalue weighted by atomic mass is 16.5. The maximum absolute atomic E-state index is 12.9. The molecule has 7 nitrogen and oxygen atoms in total. The normalized spacial score (nSPS) is 18.4. The van der Waals surface area contributed by atoms with E-state index in [1.165, 1.54) is 11.2 Å². The zero-order valence-electron chi connectivity index (χ0n) is 17.5. The number of aliphatic hydroxyl groups excluding tert-OH is 1. The molecule has 2 heterocycles. The van der Waals surface area contributed by atoms with E-state index < -0.39 is 17.7 Å². The first-order valence-corrected chi connectivity index (χ1v) is 10.1. The highest BCUT2D eigenvalue weighted by Crippen LogP contribution is 2.39. The van der Waals surface area contributed by atoms with Gasteiger partial charge in [-0.05, 0) is 51.5 Å². The minimum absolute atomic E-state index is 0.00776. The zero-order chi connectivity index (χ0) is 21.7. The summed E-state index contributed by atoms with van der Waals surface area (Å²) in [6, 6.07) is 9.38. The number of carbonyl (C=O) groups is 2. The lowest BCUT2D eigenvalue weighted by atomic mass is 9.99. The minimum atomic E-state index is -0.796. The van der Waals surface area contributed by atoms with Crippen LogP contribution >= 0.6 is 0 Å². The van der Waals surface area contributed by atoms with Gasteiger partial charge in [-0.25, -0.2) is 0 Å². The lowest BCUT2D eigenvalue weighted by Gasteiger charge is -2.23. The molecule has 1 aromatic carbocycles. The van der Waals surface area contributed by atoms with Gasteiger partial charge in [0, 0.05) is 18.7 Å². The predicted molar refractivity (Wildman–Crippen MR) is 111 cm³/mol. The summed E-state index contributed by atoms with van der Waals surface area (Å²) < 4.78 is 16.6. The second kappa shape index (κ2) is 9.63. The number of likely N-dealkylation sites (tertiary alicyclic amines) is 1. The van der Waals surface area contributed by atoms with Crippen molar-refractivity contribution in [1.29, 1.82) is 0 Å². The third-order valence-corrected chi connectivity index (χ3v) is 4.77. The first-order chi connectivity index (χ1) is 14.4. The maximum Gasteiger partial charge on any atom is 0.295 e. The molecule has 1 unspecified atom stereocenters. The highest BCUT2D eigenvalue weighted by Gasteiger charge is 2.47. The molecule has 0 aliphatic carbocycles. The molecule has 2 aromatic rings. The van der Waals surface area contributed by atoms with Crippen LogP contribution in [0.25, 0.3) is 5.76 Å². The molecule has 7 heteroatoms. The van der Waals surface area contributed by atoms with Gasteiger partial charge in [-0.1, -0.05) is 12.1 Å². The van der Waals surface area contributed by atoms with Gasteiger partial charge in [0.2, 0.25) is 0 Å². The van der Waals surface area contributed by atoms with E-state index in [4.69, 9.17) is 13.9 Å². The van der Waals surface area contributed by atoms with E-state index in [2.05, 4.69) is 0 Å². The number of furan rings is 1. The molecule has 1 aromatic heterocycles. The number of hydrogen-bond donors (Lipinski definition) is 1. The van der Waals surface area contributed by atoms with E-state index in [1.54, 1.807) is 36.4 Å². The van der Waals surface area contributed by atoms with E-state index in [0.717, 1.165) is 0 Å². The van der Waals surface area contributed by atoms with Gasteiger partial charge in [0.05, 0.1) is 24.5 Å². The van der Waals surface area contributed by atoms with Crippen LogP contribution in [-0.2, 0) is 14.3 Å². The summed E-state index contributed by atoms with van der Waals surface area (Å²) in [5.74, 6) is -0.668. The average molecular weight is 413 g/mol. The van der Waals surface area contributed by atoms with Crippen LogP contribution in [0.4, 0.5) is 0 Å². The molecule has 160 valence electrons. The smallest absolute Gasteiger partial charge is 0.295 e. The van der Waals surface area contributed by atoms with Gasteiger partial charge in [-0.15, -0.1) is 0 Å². The SMILES string of the molecule is CCOc1cccc(/C(O)=C2/C(=O)C(=O)N(CCCOC(C)C)C2c2ccco2)c1. The number of rotatable bonds is 9. The second-order valence-corrected chi connectivity index (χ2v) is 7.24. The molecule has 1 atom stereocenters. The third-order valence-electron chi connectivity index (χ3n) is 4.77. The summed E-state index contributed by atoms with van der Waals surface area (Å²) in [5.41, 5.74) is 0.409. The summed E-state index contributed by atoms with van der Waals surface area (Å²) in [7, 11) is 0. The predicted octanol–water partition coefficient (Wildman–Crippen LogP) is 3.92. The number of ether oxygens (including phenoxy) is 2. The Morgan fingerprint density at radius 1 is 1.23 bits per heavy atom. The highest BCUT2D eigenvalue weighted by molar-refractivity contribution is 6.46. The molecule has 3 rings (SSSR count). The molecule has 0 saturated carbocycles. The van der Waals surface area contributed by atoms with Crippen molar-refractivity contribution in [3.05, 3.63) is 59.6 Å². The van der Waals surface area contributed by atoms with Crippen molar-refractivity contribution in [2.45, 2.75) is 39.3 Å². The van der Waals surface area contributed by atoms with E-state index in [0.29, 0.717) is 43.3 Å². The van der Waals surface area contributed by atoms with Crippen LogP contribution in [0.15, 0.2) is 52.7 Å². The lowest BCUT2D eigenvalue weighted by Crippen LogP contribution is -2.31. The molecule has 1 saturated heterocycles. The summed E-state index contributed by atoms with van der Waals surface area (Å²) in [6.07, 6.45) is 2.12. The van der Waals surface area contributed by atoms with Crippen LogP contribution in [0.5, 0.6) is 5.75 Å². The molecular formula is C23H27NO6. The molecule has 1 aliphatic heterocycles. The van der Waals surface area contributed by atoms with Crippen LogP contribution < -0.4 is 4.74 Å². The number of carbonyl (C=O) groups excluding carboxylic acids is 2. The lowest BCUT2D eigenvalue weighted by molar-refractivity contribution is -0.140. The van der Waals surface area contributed by atoms with Crippen molar-refractivity contribution in [3.8, 4) is 5.75 Å². The number of ketones is 1. The Balaban J connectivity index is 1.97. The Bertz CT molecular complexity index is 916. The fraction of sp³-hybridized carbons (Fsp3) is 0.391. The van der Waals surface area contributed by atoms with Gasteiger partial charge in [0.15, 0.2) is 0 Å². The summed E-state index contributed by atoms with van der Waals surface area (Å²) in [4.78, 5) is 27.1. The number of amides is 1. The van der Waals surface area contributed by atoms with Crippen LogP contribution in [0.2, 0.25) is 0 Å². The Labute approximate surface area is 175 Å². The van der Waals surface area contributed by atoms with Gasteiger partial charge in [-0.3, -0.25) is 9.59 Å². The van der Waals surface area contributed by atoms with E-state index in [1.807, 2.05) is 20.8 Å². The standard InChI is InChI=1S/C23H27NO6/c1-4-28-17-9-5-8-16(14-17)21(25)19-20(18-10-6-12-30-18)24(23(27)22(19)26)11-7-13-29-15(2)3/h5-6,8-10,12,14-15,20,25H,4,7,11,13H2,1-3H3/b21-19-. The first-order valence-electron chi connectivity index (χ1n) is 10.1. The third kappa shape index (κ3) is 4.57. The monoisotopic (exact) mass is 413 g/mol. The fourth-order valence-corrected chi connectivity index (χ4v) is 3.46. The number of benzene rings is 1. The van der Waals surface area contributed by atoms with Gasteiger partial charge in [-0.2, -0.15) is 0 Å². The molecule has 0 radical (unpaired) electrons. The van der Waals surface area contributed by atoms with Crippen LogP contribution in [0.1, 0.15) is 44.6 Å². The molecule has 30 heavy (non-hydrogen) atoms. The Morgan fingerprint density at radius 2 is 2.03 bits per heavy atom. The molecule has 0 spiro atoms. The van der Waals surface area contributed by atoms with Crippen molar-refractivity contribution in [3.63, 3.8) is 0 Å². The molecule has 0 bridgehead atoms. The quantitative estimate of drug-likeness (QED) is 0.290. The van der Waals surface area contributed by atoms with Gasteiger partial charge in [0.1, 0.15) is 23.3 Å². The van der Waals surface area contributed by atoms with Crippen molar-refractivity contribution in [2.24, 2.45) is 0 Å². The molecule has 1 N–H and O–H groups in total. The molecule has 1 aliphatic rings. The maximum atomic E-state index is 12.9. The minimum Gasteiger partial charge on any atom is -0.507 e. The second-order valence-electron chi connectivity index (χ2n) is 7.24. The molecule has 1 fully saturated rings. The summed E-state index contributed by atoms with van der Waals surface area (Å²) >= 11 is 0. The zero-order valence-corrected chi connectivity index (χ0v) is 17.5. The number of nitrogens with zero attached hydrogens (tertiary/aromatic N) is 1. The van der Waals surface area contributed by atoms with Gasteiger partial charge < -0.3 is 23.9 Å². The Kier molecular flexibility index (Phi) is 6.95. The molecule has 1 amide bonds. The van der Waals surface area contributed by atoms with Crippen LogP contribution in [0.3, 0.4) is 0 Å². The topological polar surface area (TPSA) is 89.2 Å². The van der Waals surface area contributed by atoms with Gasteiger partial charge in [0.25, 0.3) is 11.7 Å². The van der Waals surface area contributed by atoms with Crippen LogP contribution in [-0.4, -0.2) is 47.6 Å². The number of Topliss-reactive ketones (excluding diaryl/α,β-unsaturated/α-hetero) is 1. The first kappa shape index (κ1) is 21.6. The number of aliphatic hydroxyl groups is 1. The van der Waals surface area contributed by atoms with E-state index in [-0.39, 0.29) is 17.4 Å². The molecular weight excluding hydrogens is 386 g/mol. The fourth-order valence-electron chi connectivity index (χ4n) is 3.46.